The lowest BCUT2D eigenvalue weighted by Crippen LogP contribution is -2.10. The van der Waals surface area contributed by atoms with Gasteiger partial charge in [0.05, 0.1) is 5.56 Å². The van der Waals surface area contributed by atoms with Crippen LogP contribution >= 0.6 is 15.9 Å². The van der Waals surface area contributed by atoms with Crippen LogP contribution in [0.15, 0.2) is 53.0 Å². The largest absolute Gasteiger partial charge is 0.434 e. The Morgan fingerprint density at radius 3 is 2.78 bits per heavy atom. The maximum Gasteiger partial charge on any atom is 0.340 e. The van der Waals surface area contributed by atoms with Gasteiger partial charge in [0.2, 0.25) is 6.23 Å². The number of ether oxygens (including phenoxy) is 1. The zero-order valence-corrected chi connectivity index (χ0v) is 11.0. The number of carbonyl (C=O) groups excluding carboxylic acids is 1. The van der Waals surface area contributed by atoms with Crippen molar-refractivity contribution in [3.05, 3.63) is 64.1 Å². The minimum absolute atomic E-state index is 0.280. The van der Waals surface area contributed by atoms with Crippen LogP contribution in [0.4, 0.5) is 5.69 Å². The molecule has 0 fully saturated rings. The molecule has 1 aliphatic heterocycles. The number of benzene rings is 2. The fourth-order valence-electron chi connectivity index (χ4n) is 1.98. The van der Waals surface area contributed by atoms with Gasteiger partial charge in [-0.1, -0.05) is 40.2 Å². The zero-order valence-electron chi connectivity index (χ0n) is 9.39. The van der Waals surface area contributed by atoms with Crippen molar-refractivity contribution in [2.75, 3.05) is 5.32 Å². The van der Waals surface area contributed by atoms with Crippen LogP contribution in [0, 0.1) is 0 Å². The summed E-state index contributed by atoms with van der Waals surface area (Å²) in [6, 6.07) is 15.2. The van der Waals surface area contributed by atoms with Gasteiger partial charge in [-0.2, -0.15) is 0 Å². The molecule has 0 bridgehead atoms. The maximum absolute atomic E-state index is 11.7. The van der Waals surface area contributed by atoms with Crippen molar-refractivity contribution in [2.45, 2.75) is 6.23 Å². The predicted octanol–water partition coefficient (Wildman–Crippen LogP) is 3.73. The molecule has 1 N–H and O–H groups in total. The second-order valence-corrected chi connectivity index (χ2v) is 4.94. The van der Waals surface area contributed by atoms with Crippen LogP contribution in [0.25, 0.3) is 0 Å². The molecule has 3 nitrogen and oxygen atoms in total. The third-order valence-electron chi connectivity index (χ3n) is 2.81. The molecule has 2 aromatic rings. The molecule has 0 spiro atoms. The van der Waals surface area contributed by atoms with Crippen LogP contribution < -0.4 is 5.32 Å². The average Bonchev–Trinajstić information content (AvgIpc) is 2.67. The van der Waals surface area contributed by atoms with Gasteiger partial charge in [0.15, 0.2) is 0 Å². The molecule has 90 valence electrons. The van der Waals surface area contributed by atoms with E-state index in [0.29, 0.717) is 5.56 Å². The van der Waals surface area contributed by atoms with Crippen LogP contribution in [-0.4, -0.2) is 5.97 Å². The SMILES string of the molecule is O=C1OC(Nc2cccc(Br)c2)c2ccccc21. The van der Waals surface area contributed by atoms with Crippen LogP contribution in [0.3, 0.4) is 0 Å². The van der Waals surface area contributed by atoms with E-state index in [9.17, 15) is 4.79 Å². The lowest BCUT2D eigenvalue weighted by molar-refractivity contribution is 0.0437. The maximum atomic E-state index is 11.7. The van der Waals surface area contributed by atoms with Gasteiger partial charge in [0, 0.05) is 15.7 Å². The highest BCUT2D eigenvalue weighted by atomic mass is 79.9. The van der Waals surface area contributed by atoms with E-state index < -0.39 is 6.23 Å². The van der Waals surface area contributed by atoms with Crippen molar-refractivity contribution in [2.24, 2.45) is 0 Å². The summed E-state index contributed by atoms with van der Waals surface area (Å²) in [6.07, 6.45) is -0.414. The molecule has 1 unspecified atom stereocenters. The van der Waals surface area contributed by atoms with E-state index in [1.54, 1.807) is 6.07 Å². The van der Waals surface area contributed by atoms with Crippen LogP contribution in [0.5, 0.6) is 0 Å². The first-order chi connectivity index (χ1) is 8.74. The van der Waals surface area contributed by atoms with Crippen LogP contribution in [0.2, 0.25) is 0 Å². The monoisotopic (exact) mass is 303 g/mol. The number of fused-ring (bicyclic) bond motifs is 1. The van der Waals surface area contributed by atoms with Gasteiger partial charge in [-0.15, -0.1) is 0 Å². The number of carbonyl (C=O) groups is 1. The number of cyclic esters (lactones) is 1. The molecule has 0 aromatic heterocycles. The molecule has 1 atom stereocenters. The Labute approximate surface area is 113 Å². The first kappa shape index (κ1) is 11.3. The van der Waals surface area contributed by atoms with Gasteiger partial charge in [-0.05, 0) is 24.3 Å². The van der Waals surface area contributed by atoms with Crippen molar-refractivity contribution in [3.8, 4) is 0 Å². The third-order valence-corrected chi connectivity index (χ3v) is 3.30. The Balaban J connectivity index is 1.90. The summed E-state index contributed by atoms with van der Waals surface area (Å²) in [5.74, 6) is -0.280. The molecular weight excluding hydrogens is 294 g/mol. The molecule has 1 aliphatic rings. The minimum Gasteiger partial charge on any atom is -0.434 e. The molecule has 4 heteroatoms. The number of rotatable bonds is 2. The standard InChI is InChI=1S/C14H10BrNO2/c15-9-4-3-5-10(8-9)16-13-11-6-1-2-7-12(11)14(17)18-13/h1-8,13,16H. The summed E-state index contributed by atoms with van der Waals surface area (Å²) >= 11 is 3.41. The Morgan fingerprint density at radius 2 is 1.94 bits per heavy atom. The summed E-state index contributed by atoms with van der Waals surface area (Å²) in [7, 11) is 0. The molecule has 0 aliphatic carbocycles. The fourth-order valence-corrected chi connectivity index (χ4v) is 2.38. The molecule has 1 heterocycles. The van der Waals surface area contributed by atoms with Gasteiger partial charge in [-0.3, -0.25) is 0 Å². The summed E-state index contributed by atoms with van der Waals surface area (Å²) < 4.78 is 6.29. The fraction of sp³-hybridized carbons (Fsp3) is 0.0714. The van der Waals surface area contributed by atoms with E-state index in [1.807, 2.05) is 42.5 Å². The number of esters is 1. The van der Waals surface area contributed by atoms with Gasteiger partial charge in [0.1, 0.15) is 0 Å². The number of nitrogens with one attached hydrogen (secondary N) is 1. The third kappa shape index (κ3) is 1.99. The molecule has 18 heavy (non-hydrogen) atoms. The van der Waals surface area contributed by atoms with Gasteiger partial charge in [-0.25, -0.2) is 4.79 Å². The lowest BCUT2D eigenvalue weighted by Gasteiger charge is -2.14. The number of hydrogen-bond donors (Lipinski definition) is 1. The normalized spacial score (nSPS) is 17.2. The summed E-state index contributed by atoms with van der Waals surface area (Å²) in [4.78, 5) is 11.7. The predicted molar refractivity (Wildman–Crippen MR) is 72.4 cm³/mol. The number of anilines is 1. The van der Waals surface area contributed by atoms with E-state index in [0.717, 1.165) is 15.7 Å². The number of halogens is 1. The highest BCUT2D eigenvalue weighted by Gasteiger charge is 2.30. The van der Waals surface area contributed by atoms with Crippen molar-refractivity contribution in [1.82, 2.24) is 0 Å². The quantitative estimate of drug-likeness (QED) is 0.859. The lowest BCUT2D eigenvalue weighted by atomic mass is 10.1. The second kappa shape index (κ2) is 4.46. The average molecular weight is 304 g/mol. The first-order valence-electron chi connectivity index (χ1n) is 5.56. The van der Waals surface area contributed by atoms with Crippen molar-refractivity contribution in [1.29, 1.82) is 0 Å². The van der Waals surface area contributed by atoms with E-state index >= 15 is 0 Å². The van der Waals surface area contributed by atoms with E-state index in [2.05, 4.69) is 21.2 Å². The molecule has 0 saturated heterocycles. The first-order valence-corrected chi connectivity index (χ1v) is 6.35. The van der Waals surface area contributed by atoms with E-state index in [1.165, 1.54) is 0 Å². The van der Waals surface area contributed by atoms with Gasteiger partial charge >= 0.3 is 5.97 Å². The zero-order chi connectivity index (χ0) is 12.5. The molecule has 0 amide bonds. The Hall–Kier alpha value is -1.81. The summed E-state index contributed by atoms with van der Waals surface area (Å²) in [6.45, 7) is 0. The summed E-state index contributed by atoms with van der Waals surface area (Å²) in [5, 5.41) is 3.20. The molecular formula is C14H10BrNO2. The molecule has 0 radical (unpaired) electrons. The summed E-state index contributed by atoms with van der Waals surface area (Å²) in [5.41, 5.74) is 2.41. The van der Waals surface area contributed by atoms with E-state index in [4.69, 9.17) is 4.74 Å². The topological polar surface area (TPSA) is 38.3 Å². The second-order valence-electron chi connectivity index (χ2n) is 4.03. The molecule has 3 rings (SSSR count). The molecule has 2 aromatic carbocycles. The number of hydrogen-bond acceptors (Lipinski definition) is 3. The van der Waals surface area contributed by atoms with Crippen molar-refractivity contribution in [3.63, 3.8) is 0 Å². The van der Waals surface area contributed by atoms with E-state index in [-0.39, 0.29) is 5.97 Å². The van der Waals surface area contributed by atoms with Crippen LogP contribution in [-0.2, 0) is 4.74 Å². The van der Waals surface area contributed by atoms with Crippen molar-refractivity contribution >= 4 is 27.6 Å². The Kier molecular flexibility index (Phi) is 2.80. The molecule has 0 saturated carbocycles. The highest BCUT2D eigenvalue weighted by molar-refractivity contribution is 9.10. The van der Waals surface area contributed by atoms with Gasteiger partial charge in [0.25, 0.3) is 0 Å². The highest BCUT2D eigenvalue weighted by Crippen LogP contribution is 2.31. The van der Waals surface area contributed by atoms with Crippen LogP contribution in [0.1, 0.15) is 22.1 Å². The Morgan fingerprint density at radius 1 is 1.11 bits per heavy atom. The smallest absolute Gasteiger partial charge is 0.340 e. The van der Waals surface area contributed by atoms with Crippen molar-refractivity contribution < 1.29 is 9.53 Å². The van der Waals surface area contributed by atoms with Gasteiger partial charge < -0.3 is 10.1 Å². The Bertz CT molecular complexity index is 612. The minimum atomic E-state index is -0.414.